The normalized spacial score (nSPS) is 24.1. The Morgan fingerprint density at radius 3 is 1.86 bits per heavy atom. The fourth-order valence-electron chi connectivity index (χ4n) is 4.20. The minimum Gasteiger partial charge on any atom is -0.347 e. The first-order chi connectivity index (χ1) is 13.6. The maximum absolute atomic E-state index is 13.1. The van der Waals surface area contributed by atoms with E-state index in [-0.39, 0.29) is 35.3 Å². The van der Waals surface area contributed by atoms with Crippen LogP contribution in [0.2, 0.25) is 0 Å². The number of quaternary nitrogens is 1. The van der Waals surface area contributed by atoms with Gasteiger partial charge in [-0.05, 0) is 38.5 Å². The summed E-state index contributed by atoms with van der Waals surface area (Å²) < 4.78 is 0. The molecule has 8 nitrogen and oxygen atoms in total. The van der Waals surface area contributed by atoms with E-state index in [2.05, 4.69) is 11.1 Å². The third-order valence-corrected chi connectivity index (χ3v) is 6.20. The second kappa shape index (κ2) is 9.69. The molecule has 0 aromatic heterocycles. The third kappa shape index (κ3) is 5.15. The number of amides is 3. The van der Waals surface area contributed by atoms with Gasteiger partial charge >= 0.3 is 0 Å². The average Bonchev–Trinajstić information content (AvgIpc) is 3.32. The largest absolute Gasteiger partial charge is 0.347 e. The first-order valence-electron chi connectivity index (χ1n) is 10.8. The fraction of sp³-hybridized carbons (Fsp3) is 0.810. The molecule has 2 heterocycles. The van der Waals surface area contributed by atoms with Gasteiger partial charge in [0.15, 0.2) is 11.8 Å². The molecule has 0 bridgehead atoms. The van der Waals surface area contributed by atoms with Crippen LogP contribution in [0.3, 0.4) is 0 Å². The van der Waals surface area contributed by atoms with E-state index in [4.69, 9.17) is 0 Å². The van der Waals surface area contributed by atoms with Crippen molar-refractivity contribution in [2.75, 3.05) is 13.1 Å². The molecular formula is C21H37N4O4+. The Morgan fingerprint density at radius 1 is 0.862 bits per heavy atom. The zero-order chi connectivity index (χ0) is 21.9. The summed E-state index contributed by atoms with van der Waals surface area (Å²) in [5, 5.41) is 2.89. The van der Waals surface area contributed by atoms with Gasteiger partial charge in [-0.3, -0.25) is 19.2 Å². The van der Waals surface area contributed by atoms with Gasteiger partial charge in [-0.1, -0.05) is 27.7 Å². The van der Waals surface area contributed by atoms with Gasteiger partial charge in [0, 0.05) is 19.0 Å². The number of ketones is 1. The van der Waals surface area contributed by atoms with E-state index in [1.807, 2.05) is 27.7 Å². The van der Waals surface area contributed by atoms with Gasteiger partial charge in [0.05, 0.1) is 6.04 Å². The smallest absolute Gasteiger partial charge is 0.281 e. The molecule has 8 heteroatoms. The molecule has 2 saturated heterocycles. The molecule has 3 amide bonds. The van der Waals surface area contributed by atoms with Crippen molar-refractivity contribution in [3.63, 3.8) is 0 Å². The number of rotatable bonds is 7. The van der Waals surface area contributed by atoms with E-state index in [1.54, 1.807) is 9.80 Å². The number of nitrogens with zero attached hydrogens (tertiary/aromatic N) is 2. The topological polar surface area (TPSA) is 114 Å². The van der Waals surface area contributed by atoms with Crippen LogP contribution in [0.1, 0.15) is 60.3 Å². The molecule has 0 radical (unpaired) electrons. The molecule has 4 atom stereocenters. The Labute approximate surface area is 173 Å². The van der Waals surface area contributed by atoms with Crippen LogP contribution in [0.4, 0.5) is 0 Å². The Balaban J connectivity index is 2.11. The van der Waals surface area contributed by atoms with Gasteiger partial charge in [-0.15, -0.1) is 0 Å². The van der Waals surface area contributed by atoms with Gasteiger partial charge in [0.25, 0.3) is 5.91 Å². The van der Waals surface area contributed by atoms with Crippen molar-refractivity contribution in [3.8, 4) is 0 Å². The molecule has 0 spiro atoms. The highest BCUT2D eigenvalue weighted by Crippen LogP contribution is 2.23. The SMILES string of the molecule is CC(=O)C1CCCN1C(=O)C(NC(=O)C1CCCN1C(=O)C([NH3+])C(C)C)C(C)C. The van der Waals surface area contributed by atoms with E-state index >= 15 is 0 Å². The van der Waals surface area contributed by atoms with Crippen LogP contribution in [-0.4, -0.2) is 70.6 Å². The lowest BCUT2D eigenvalue weighted by Gasteiger charge is -2.32. The lowest BCUT2D eigenvalue weighted by Crippen LogP contribution is -2.71. The third-order valence-electron chi connectivity index (χ3n) is 6.20. The number of carbonyl (C=O) groups is 4. The summed E-state index contributed by atoms with van der Waals surface area (Å²) in [5.41, 5.74) is 3.95. The summed E-state index contributed by atoms with van der Waals surface area (Å²) in [6.07, 6.45) is 2.80. The Kier molecular flexibility index (Phi) is 7.80. The molecule has 2 fully saturated rings. The molecular weight excluding hydrogens is 372 g/mol. The highest BCUT2D eigenvalue weighted by atomic mass is 16.2. The summed E-state index contributed by atoms with van der Waals surface area (Å²) in [4.78, 5) is 54.0. The minimum absolute atomic E-state index is 0.0209. The fourth-order valence-corrected chi connectivity index (χ4v) is 4.20. The Bertz CT molecular complexity index is 649. The Morgan fingerprint density at radius 2 is 1.38 bits per heavy atom. The monoisotopic (exact) mass is 409 g/mol. The van der Waals surface area contributed by atoms with Crippen molar-refractivity contribution < 1.29 is 24.9 Å². The predicted octanol–water partition coefficient (Wildman–Crippen LogP) is -0.0353. The number of carbonyl (C=O) groups excluding carboxylic acids is 4. The molecule has 4 N–H and O–H groups in total. The van der Waals surface area contributed by atoms with Gasteiger partial charge in [0.1, 0.15) is 12.1 Å². The van der Waals surface area contributed by atoms with Crippen LogP contribution in [0.5, 0.6) is 0 Å². The Hall–Kier alpha value is -1.96. The summed E-state index contributed by atoms with van der Waals surface area (Å²) >= 11 is 0. The minimum atomic E-state index is -0.708. The van der Waals surface area contributed by atoms with Gasteiger partial charge in [0.2, 0.25) is 11.8 Å². The highest BCUT2D eigenvalue weighted by molar-refractivity contribution is 5.95. The lowest BCUT2D eigenvalue weighted by molar-refractivity contribution is -0.416. The van der Waals surface area contributed by atoms with Crippen LogP contribution in [-0.2, 0) is 19.2 Å². The lowest BCUT2D eigenvalue weighted by atomic mass is 10.0. The van der Waals surface area contributed by atoms with Crippen LogP contribution in [0.25, 0.3) is 0 Å². The van der Waals surface area contributed by atoms with Gasteiger partial charge in [-0.2, -0.15) is 0 Å². The van der Waals surface area contributed by atoms with Gasteiger partial charge in [-0.25, -0.2) is 0 Å². The number of hydrogen-bond donors (Lipinski definition) is 2. The first-order valence-corrected chi connectivity index (χ1v) is 10.8. The molecule has 2 aliphatic rings. The second-order valence-corrected chi connectivity index (χ2v) is 9.07. The second-order valence-electron chi connectivity index (χ2n) is 9.07. The van der Waals surface area contributed by atoms with Crippen molar-refractivity contribution in [2.45, 2.75) is 84.5 Å². The average molecular weight is 410 g/mol. The van der Waals surface area contributed by atoms with Crippen molar-refractivity contribution in [2.24, 2.45) is 11.8 Å². The molecule has 29 heavy (non-hydrogen) atoms. The van der Waals surface area contributed by atoms with E-state index < -0.39 is 24.2 Å². The zero-order valence-corrected chi connectivity index (χ0v) is 18.4. The molecule has 0 saturated carbocycles. The van der Waals surface area contributed by atoms with Gasteiger partial charge < -0.3 is 20.9 Å². The van der Waals surface area contributed by atoms with E-state index in [0.717, 1.165) is 12.8 Å². The van der Waals surface area contributed by atoms with Crippen LogP contribution in [0.15, 0.2) is 0 Å². The van der Waals surface area contributed by atoms with Crippen LogP contribution < -0.4 is 11.1 Å². The molecule has 0 aliphatic carbocycles. The molecule has 2 aliphatic heterocycles. The number of likely N-dealkylation sites (tertiary alicyclic amines) is 2. The van der Waals surface area contributed by atoms with E-state index in [0.29, 0.717) is 25.9 Å². The summed E-state index contributed by atoms with van der Waals surface area (Å²) in [7, 11) is 0. The number of hydrogen-bond acceptors (Lipinski definition) is 4. The molecule has 164 valence electrons. The van der Waals surface area contributed by atoms with Crippen molar-refractivity contribution in [3.05, 3.63) is 0 Å². The summed E-state index contributed by atoms with van der Waals surface area (Å²) in [6.45, 7) is 10.2. The van der Waals surface area contributed by atoms with E-state index in [1.165, 1.54) is 6.92 Å². The molecule has 4 unspecified atom stereocenters. The molecule has 0 aromatic rings. The number of nitrogens with one attached hydrogen (secondary N) is 1. The zero-order valence-electron chi connectivity index (χ0n) is 18.4. The van der Waals surface area contributed by atoms with Crippen LogP contribution >= 0.6 is 0 Å². The quantitative estimate of drug-likeness (QED) is 0.614. The molecule has 0 aromatic carbocycles. The summed E-state index contributed by atoms with van der Waals surface area (Å²) in [5.74, 6) is -0.665. The first kappa shape index (κ1) is 23.3. The maximum atomic E-state index is 13.1. The predicted molar refractivity (Wildman–Crippen MR) is 108 cm³/mol. The standard InChI is InChI=1S/C21H36N4O4/c1-12(2)17(22)20(28)25-11-7-9-16(25)19(27)23-18(13(3)4)21(29)24-10-6-8-15(24)14(5)26/h12-13,15-18H,6-11,22H2,1-5H3,(H,23,27)/p+1. The van der Waals surface area contributed by atoms with Crippen molar-refractivity contribution >= 4 is 23.5 Å². The van der Waals surface area contributed by atoms with Crippen molar-refractivity contribution in [1.82, 2.24) is 15.1 Å². The maximum Gasteiger partial charge on any atom is 0.281 e. The summed E-state index contributed by atoms with van der Waals surface area (Å²) in [6, 6.07) is -2.07. The van der Waals surface area contributed by atoms with E-state index in [9.17, 15) is 19.2 Å². The molecule has 2 rings (SSSR count). The number of Topliss-reactive ketones (excluding diaryl/α,β-unsaturated/α-hetero) is 1. The van der Waals surface area contributed by atoms with Crippen LogP contribution in [0, 0.1) is 11.8 Å². The van der Waals surface area contributed by atoms with Crippen molar-refractivity contribution in [1.29, 1.82) is 0 Å². The highest BCUT2D eigenvalue weighted by Gasteiger charge is 2.41.